The van der Waals surface area contributed by atoms with Crippen LogP contribution in [0.1, 0.15) is 51.4 Å². The van der Waals surface area contributed by atoms with Gasteiger partial charge in [-0.2, -0.15) is 5.10 Å². The predicted octanol–water partition coefficient (Wildman–Crippen LogP) is 1.63. The molecule has 194 valence electrons. The number of amides is 3. The zero-order valence-corrected chi connectivity index (χ0v) is 21.3. The highest BCUT2D eigenvalue weighted by Gasteiger charge is 2.34. The smallest absolute Gasteiger partial charge is 0.274 e. The number of likely N-dealkylation sites (tertiary alicyclic amines) is 1. The minimum atomic E-state index is -0.141. The number of hydrogen-bond donors (Lipinski definition) is 1. The number of rotatable bonds is 8. The number of benzene rings is 1. The molecule has 0 spiro atoms. The van der Waals surface area contributed by atoms with Gasteiger partial charge in [-0.3, -0.25) is 19.1 Å². The fourth-order valence-corrected chi connectivity index (χ4v) is 5.00. The number of aromatic nitrogens is 2. The third-order valence-electron chi connectivity index (χ3n) is 7.05. The molecule has 2 aliphatic rings. The quantitative estimate of drug-likeness (QED) is 0.556. The van der Waals surface area contributed by atoms with Crippen molar-refractivity contribution in [2.24, 2.45) is 13.0 Å². The molecule has 1 fully saturated rings. The van der Waals surface area contributed by atoms with Crippen LogP contribution in [0, 0.1) is 5.92 Å². The molecule has 1 N–H and O–H groups in total. The molecule has 3 amide bonds. The Morgan fingerprint density at radius 3 is 2.53 bits per heavy atom. The number of fused-ring (bicyclic) bond motifs is 1. The summed E-state index contributed by atoms with van der Waals surface area (Å²) in [6, 6.07) is 7.17. The Kier molecular flexibility index (Phi) is 8.25. The van der Waals surface area contributed by atoms with Crippen molar-refractivity contribution in [1.29, 1.82) is 0 Å². The van der Waals surface area contributed by atoms with Gasteiger partial charge >= 0.3 is 0 Å². The molecule has 0 unspecified atom stereocenters. The Hall–Kier alpha value is -3.40. The highest BCUT2D eigenvalue weighted by Crippen LogP contribution is 2.28. The fraction of sp³-hybridized carbons (Fsp3) is 0.538. The third-order valence-corrected chi connectivity index (χ3v) is 7.05. The Bertz CT molecular complexity index is 1110. The van der Waals surface area contributed by atoms with Gasteiger partial charge in [-0.05, 0) is 31.4 Å². The lowest BCUT2D eigenvalue weighted by Gasteiger charge is -2.32. The highest BCUT2D eigenvalue weighted by molar-refractivity contribution is 5.98. The van der Waals surface area contributed by atoms with Crippen LogP contribution < -0.4 is 10.1 Å². The summed E-state index contributed by atoms with van der Waals surface area (Å²) in [5.41, 5.74) is 2.68. The number of carbonyl (C=O) groups excluding carboxylic acids is 3. The van der Waals surface area contributed by atoms with E-state index in [9.17, 15) is 14.4 Å². The maximum absolute atomic E-state index is 13.5. The average molecular weight is 498 g/mol. The normalized spacial score (nSPS) is 16.0. The molecule has 10 heteroatoms. The lowest BCUT2D eigenvalue weighted by Crippen LogP contribution is -2.44. The summed E-state index contributed by atoms with van der Waals surface area (Å²) >= 11 is 0. The SMILES string of the molecule is COCCCNC(=O)C1CCN(C(=O)c2nn(C)c3c2CN(C(=O)c2ccccc2OC)CC3)CC1. The van der Waals surface area contributed by atoms with Crippen molar-refractivity contribution in [2.45, 2.75) is 32.2 Å². The monoisotopic (exact) mass is 497 g/mol. The number of nitrogens with zero attached hydrogens (tertiary/aromatic N) is 4. The maximum Gasteiger partial charge on any atom is 0.274 e. The molecule has 10 nitrogen and oxygen atoms in total. The first-order valence-corrected chi connectivity index (χ1v) is 12.5. The van der Waals surface area contributed by atoms with Crippen molar-refractivity contribution in [2.75, 3.05) is 47.0 Å². The van der Waals surface area contributed by atoms with E-state index in [1.165, 1.54) is 0 Å². The number of para-hydroxylation sites is 1. The lowest BCUT2D eigenvalue weighted by atomic mass is 9.95. The van der Waals surface area contributed by atoms with Crippen LogP contribution in [-0.4, -0.2) is 84.3 Å². The van der Waals surface area contributed by atoms with Crippen LogP contribution in [0.3, 0.4) is 0 Å². The minimum absolute atomic E-state index is 0.0407. The number of piperidine rings is 1. The van der Waals surface area contributed by atoms with Gasteiger partial charge < -0.3 is 24.6 Å². The van der Waals surface area contributed by atoms with Crippen LogP contribution in [0.4, 0.5) is 0 Å². The van der Waals surface area contributed by atoms with E-state index in [2.05, 4.69) is 10.4 Å². The van der Waals surface area contributed by atoms with Gasteiger partial charge in [-0.1, -0.05) is 12.1 Å². The lowest BCUT2D eigenvalue weighted by molar-refractivity contribution is -0.126. The van der Waals surface area contributed by atoms with E-state index < -0.39 is 0 Å². The molecule has 1 aromatic carbocycles. The van der Waals surface area contributed by atoms with Gasteiger partial charge in [0.1, 0.15) is 5.75 Å². The molecule has 0 atom stereocenters. The largest absolute Gasteiger partial charge is 0.496 e. The molecule has 0 radical (unpaired) electrons. The van der Waals surface area contributed by atoms with Crippen LogP contribution in [0.25, 0.3) is 0 Å². The molecular formula is C26H35N5O5. The van der Waals surface area contributed by atoms with Gasteiger partial charge in [0.2, 0.25) is 5.91 Å². The summed E-state index contributed by atoms with van der Waals surface area (Å²) in [7, 11) is 5.03. The number of aryl methyl sites for hydroxylation is 1. The first-order chi connectivity index (χ1) is 17.4. The van der Waals surface area contributed by atoms with Gasteiger partial charge in [0.05, 0.1) is 19.2 Å². The fourth-order valence-electron chi connectivity index (χ4n) is 5.00. The predicted molar refractivity (Wildman–Crippen MR) is 133 cm³/mol. The molecule has 0 aliphatic carbocycles. The van der Waals surface area contributed by atoms with Crippen molar-refractivity contribution in [3.05, 3.63) is 46.8 Å². The molecular weight excluding hydrogens is 462 g/mol. The van der Waals surface area contributed by atoms with E-state index in [-0.39, 0.29) is 23.6 Å². The van der Waals surface area contributed by atoms with Crippen LogP contribution in [0.15, 0.2) is 24.3 Å². The summed E-state index contributed by atoms with van der Waals surface area (Å²) in [6.45, 7) is 3.08. The second kappa shape index (κ2) is 11.6. The van der Waals surface area contributed by atoms with Crippen LogP contribution in [0.2, 0.25) is 0 Å². The minimum Gasteiger partial charge on any atom is -0.496 e. The van der Waals surface area contributed by atoms with E-state index in [0.717, 1.165) is 17.7 Å². The first-order valence-electron chi connectivity index (χ1n) is 12.5. The zero-order valence-electron chi connectivity index (χ0n) is 21.3. The van der Waals surface area contributed by atoms with Crippen molar-refractivity contribution in [3.63, 3.8) is 0 Å². The summed E-state index contributed by atoms with van der Waals surface area (Å²) in [5, 5.41) is 7.51. The number of ether oxygens (including phenoxy) is 2. The van der Waals surface area contributed by atoms with Crippen molar-refractivity contribution in [1.82, 2.24) is 24.9 Å². The van der Waals surface area contributed by atoms with E-state index in [1.807, 2.05) is 19.2 Å². The first kappa shape index (κ1) is 25.7. The topological polar surface area (TPSA) is 106 Å². The Balaban J connectivity index is 1.41. The molecule has 3 heterocycles. The van der Waals surface area contributed by atoms with Crippen molar-refractivity contribution < 1.29 is 23.9 Å². The number of hydrogen-bond acceptors (Lipinski definition) is 6. The van der Waals surface area contributed by atoms with Crippen molar-refractivity contribution >= 4 is 17.7 Å². The molecule has 4 rings (SSSR count). The molecule has 1 aromatic heterocycles. The third kappa shape index (κ3) is 5.38. The van der Waals surface area contributed by atoms with Crippen LogP contribution >= 0.6 is 0 Å². The molecule has 0 saturated carbocycles. The molecule has 1 saturated heterocycles. The molecule has 2 aromatic rings. The van der Waals surface area contributed by atoms with Gasteiger partial charge in [0.25, 0.3) is 11.8 Å². The standard InChI is InChI=1S/C26H35N5O5/c1-29-21-11-15-31(25(33)19-7-4-5-8-22(19)36-3)17-20(21)23(28-29)26(34)30-13-9-18(10-14-30)24(32)27-12-6-16-35-2/h4-5,7-8,18H,6,9-17H2,1-3H3,(H,27,32). The summed E-state index contributed by atoms with van der Waals surface area (Å²) in [4.78, 5) is 42.7. The van der Waals surface area contributed by atoms with Gasteiger partial charge in [-0.25, -0.2) is 0 Å². The molecule has 0 bridgehead atoms. The second-order valence-corrected chi connectivity index (χ2v) is 9.28. The maximum atomic E-state index is 13.5. The van der Waals surface area contributed by atoms with E-state index in [0.29, 0.717) is 75.6 Å². The Morgan fingerprint density at radius 2 is 1.81 bits per heavy atom. The van der Waals surface area contributed by atoms with E-state index in [1.54, 1.807) is 40.8 Å². The van der Waals surface area contributed by atoms with Crippen molar-refractivity contribution in [3.8, 4) is 5.75 Å². The van der Waals surface area contributed by atoms with Gasteiger partial charge in [-0.15, -0.1) is 0 Å². The van der Waals surface area contributed by atoms with Gasteiger partial charge in [0, 0.05) is 70.5 Å². The number of nitrogens with one attached hydrogen (secondary N) is 1. The second-order valence-electron chi connectivity index (χ2n) is 9.28. The Morgan fingerprint density at radius 1 is 1.06 bits per heavy atom. The average Bonchev–Trinajstić information content (AvgIpc) is 3.25. The summed E-state index contributed by atoms with van der Waals surface area (Å²) in [6.07, 6.45) is 2.64. The summed E-state index contributed by atoms with van der Waals surface area (Å²) in [5.74, 6) is 0.207. The summed E-state index contributed by atoms with van der Waals surface area (Å²) < 4.78 is 12.1. The van der Waals surface area contributed by atoms with Crippen LogP contribution in [-0.2, 0) is 29.5 Å². The molecule has 36 heavy (non-hydrogen) atoms. The highest BCUT2D eigenvalue weighted by atomic mass is 16.5. The zero-order chi connectivity index (χ0) is 25.7. The Labute approximate surface area is 211 Å². The number of methoxy groups -OCH3 is 2. The van der Waals surface area contributed by atoms with E-state index in [4.69, 9.17) is 9.47 Å². The molecule has 2 aliphatic heterocycles. The number of carbonyl (C=O) groups is 3. The van der Waals surface area contributed by atoms with Gasteiger partial charge in [0.15, 0.2) is 5.69 Å². The van der Waals surface area contributed by atoms with Crippen LogP contribution in [0.5, 0.6) is 5.75 Å². The van der Waals surface area contributed by atoms with E-state index >= 15 is 0 Å².